The molecule has 0 saturated heterocycles. The Morgan fingerprint density at radius 3 is 3.00 bits per heavy atom. The van der Waals surface area contributed by atoms with Crippen molar-refractivity contribution in [2.75, 3.05) is 5.75 Å². The Hall–Kier alpha value is -1.76. The maximum Gasteiger partial charge on any atom is 0.344 e. The molecule has 7 heteroatoms. The fraction of sp³-hybridized carbons (Fsp3) is 0.417. The third-order valence-corrected chi connectivity index (χ3v) is 4.10. The number of Topliss-reactive ketones (excluding diaryl/α,β-unsaturated/α-hetero) is 1. The van der Waals surface area contributed by atoms with Crippen LogP contribution in [0.2, 0.25) is 0 Å². The average Bonchev–Trinajstić information content (AvgIpc) is 3.02. The smallest absolute Gasteiger partial charge is 0.344 e. The first-order chi connectivity index (χ1) is 9.16. The molecule has 2 aromatic heterocycles. The summed E-state index contributed by atoms with van der Waals surface area (Å²) in [4.78, 5) is 23.6. The summed E-state index contributed by atoms with van der Waals surface area (Å²) in [6, 6.07) is 3.90. The molecule has 1 saturated carbocycles. The van der Waals surface area contributed by atoms with Crippen molar-refractivity contribution < 1.29 is 4.79 Å². The summed E-state index contributed by atoms with van der Waals surface area (Å²) in [5.41, 5.74) is 0.486. The molecule has 1 aliphatic carbocycles. The van der Waals surface area contributed by atoms with Crippen LogP contribution in [0, 0.1) is 0 Å². The van der Waals surface area contributed by atoms with Crippen molar-refractivity contribution in [3.8, 4) is 0 Å². The monoisotopic (exact) mass is 278 g/mol. The number of aromatic amines is 1. The summed E-state index contributed by atoms with van der Waals surface area (Å²) in [6.45, 7) is 0. The van der Waals surface area contributed by atoms with E-state index >= 15 is 0 Å². The van der Waals surface area contributed by atoms with Crippen molar-refractivity contribution in [1.82, 2.24) is 19.3 Å². The highest BCUT2D eigenvalue weighted by molar-refractivity contribution is 7.99. The Morgan fingerprint density at radius 2 is 2.37 bits per heavy atom. The second-order valence-corrected chi connectivity index (χ2v) is 5.57. The van der Waals surface area contributed by atoms with E-state index in [4.69, 9.17) is 0 Å². The number of hydrogen-bond donors (Lipinski definition) is 1. The molecule has 0 amide bonds. The van der Waals surface area contributed by atoms with Gasteiger partial charge in [0.25, 0.3) is 0 Å². The number of carbonyl (C=O) groups excluding carboxylic acids is 1. The molecule has 1 aliphatic rings. The fourth-order valence-corrected chi connectivity index (χ4v) is 2.89. The van der Waals surface area contributed by atoms with Gasteiger partial charge >= 0.3 is 5.69 Å². The number of H-pyrrole nitrogens is 1. The summed E-state index contributed by atoms with van der Waals surface area (Å²) >= 11 is 1.31. The van der Waals surface area contributed by atoms with E-state index in [-0.39, 0.29) is 23.3 Å². The first-order valence-electron chi connectivity index (χ1n) is 6.11. The Labute approximate surface area is 113 Å². The largest absolute Gasteiger partial charge is 0.348 e. The Balaban J connectivity index is 1.71. The fourth-order valence-electron chi connectivity index (χ4n) is 2.00. The highest BCUT2D eigenvalue weighted by Gasteiger charge is 2.28. The van der Waals surface area contributed by atoms with Crippen LogP contribution in [-0.4, -0.2) is 30.9 Å². The lowest BCUT2D eigenvalue weighted by atomic mass is 10.3. The summed E-state index contributed by atoms with van der Waals surface area (Å²) < 4.78 is 3.45. The van der Waals surface area contributed by atoms with Gasteiger partial charge in [0.2, 0.25) is 0 Å². The lowest BCUT2D eigenvalue weighted by Crippen LogP contribution is -2.16. The van der Waals surface area contributed by atoms with E-state index in [1.54, 1.807) is 15.2 Å². The van der Waals surface area contributed by atoms with Gasteiger partial charge in [-0.15, -0.1) is 5.10 Å². The van der Waals surface area contributed by atoms with Gasteiger partial charge in [0.1, 0.15) is 0 Å². The molecule has 0 unspecified atom stereocenters. The van der Waals surface area contributed by atoms with E-state index in [1.165, 1.54) is 11.8 Å². The molecule has 0 radical (unpaired) electrons. The Morgan fingerprint density at radius 1 is 1.58 bits per heavy atom. The van der Waals surface area contributed by atoms with Crippen LogP contribution in [-0.2, 0) is 7.05 Å². The minimum Gasteiger partial charge on any atom is -0.348 e. The molecule has 2 aromatic rings. The van der Waals surface area contributed by atoms with Crippen molar-refractivity contribution >= 4 is 17.5 Å². The highest BCUT2D eigenvalue weighted by atomic mass is 32.2. The number of thioether (sulfide) groups is 1. The van der Waals surface area contributed by atoms with Crippen molar-refractivity contribution in [3.63, 3.8) is 0 Å². The first kappa shape index (κ1) is 12.3. The second-order valence-electron chi connectivity index (χ2n) is 4.63. The Bertz CT molecular complexity index is 665. The molecule has 6 nitrogen and oxygen atoms in total. The topological polar surface area (TPSA) is 72.7 Å². The van der Waals surface area contributed by atoms with E-state index in [9.17, 15) is 9.59 Å². The van der Waals surface area contributed by atoms with Gasteiger partial charge in [-0.05, 0) is 25.0 Å². The van der Waals surface area contributed by atoms with Gasteiger partial charge < -0.3 is 4.57 Å². The molecule has 19 heavy (non-hydrogen) atoms. The third-order valence-electron chi connectivity index (χ3n) is 3.15. The molecule has 2 heterocycles. The van der Waals surface area contributed by atoms with Gasteiger partial charge in [-0.1, -0.05) is 11.8 Å². The zero-order chi connectivity index (χ0) is 13.4. The van der Waals surface area contributed by atoms with Crippen LogP contribution in [0.1, 0.15) is 29.4 Å². The van der Waals surface area contributed by atoms with Gasteiger partial charge in [-0.25, -0.2) is 9.89 Å². The molecule has 0 aliphatic heterocycles. The number of nitrogens with one attached hydrogen (secondary N) is 1. The minimum atomic E-state index is -0.184. The number of ketones is 1. The van der Waals surface area contributed by atoms with Gasteiger partial charge in [-0.3, -0.25) is 9.36 Å². The van der Waals surface area contributed by atoms with Crippen molar-refractivity contribution in [1.29, 1.82) is 0 Å². The van der Waals surface area contributed by atoms with Crippen LogP contribution >= 0.6 is 11.8 Å². The molecule has 0 bridgehead atoms. The van der Waals surface area contributed by atoms with Crippen LogP contribution in [0.25, 0.3) is 0 Å². The third kappa shape index (κ3) is 2.37. The second kappa shape index (κ2) is 4.73. The zero-order valence-corrected chi connectivity index (χ0v) is 11.3. The summed E-state index contributed by atoms with van der Waals surface area (Å²) in [6.07, 6.45) is 3.87. The van der Waals surface area contributed by atoms with Gasteiger partial charge in [0, 0.05) is 19.3 Å². The SMILES string of the molecule is Cn1cccc1C(=O)CSc1n[nH]c(=O)n1C1CC1. The molecular formula is C12H14N4O2S. The summed E-state index contributed by atoms with van der Waals surface area (Å²) in [5.74, 6) is 0.324. The van der Waals surface area contributed by atoms with E-state index in [0.29, 0.717) is 10.9 Å². The number of aromatic nitrogens is 4. The van der Waals surface area contributed by atoms with Crippen LogP contribution in [0.15, 0.2) is 28.3 Å². The molecular weight excluding hydrogens is 264 g/mol. The van der Waals surface area contributed by atoms with E-state index in [2.05, 4.69) is 10.2 Å². The minimum absolute atomic E-state index is 0.0373. The summed E-state index contributed by atoms with van der Waals surface area (Å²) in [5, 5.41) is 7.04. The van der Waals surface area contributed by atoms with Gasteiger partial charge in [0.15, 0.2) is 10.9 Å². The standard InChI is InChI=1S/C12H14N4O2S/c1-15-6-2-3-9(15)10(17)7-19-12-14-13-11(18)16(12)8-4-5-8/h2-3,6,8H,4-5,7H2,1H3,(H,13,18). The van der Waals surface area contributed by atoms with Crippen LogP contribution in [0.4, 0.5) is 0 Å². The van der Waals surface area contributed by atoms with E-state index < -0.39 is 0 Å². The molecule has 3 rings (SSSR count). The molecule has 100 valence electrons. The number of hydrogen-bond acceptors (Lipinski definition) is 4. The highest BCUT2D eigenvalue weighted by Crippen LogP contribution is 2.36. The van der Waals surface area contributed by atoms with E-state index in [0.717, 1.165) is 12.8 Å². The van der Waals surface area contributed by atoms with Gasteiger partial charge in [-0.2, -0.15) is 0 Å². The first-order valence-corrected chi connectivity index (χ1v) is 7.09. The normalized spacial score (nSPS) is 14.8. The predicted octanol–water partition coefficient (Wildman–Crippen LogP) is 1.22. The number of rotatable bonds is 5. The average molecular weight is 278 g/mol. The molecule has 0 spiro atoms. The van der Waals surface area contributed by atoms with Gasteiger partial charge in [0.05, 0.1) is 11.4 Å². The summed E-state index contributed by atoms with van der Waals surface area (Å²) in [7, 11) is 1.84. The number of nitrogens with zero attached hydrogens (tertiary/aromatic N) is 3. The van der Waals surface area contributed by atoms with Crippen LogP contribution in [0.5, 0.6) is 0 Å². The predicted molar refractivity (Wildman–Crippen MR) is 71.6 cm³/mol. The van der Waals surface area contributed by atoms with Crippen LogP contribution < -0.4 is 5.69 Å². The molecule has 0 atom stereocenters. The van der Waals surface area contributed by atoms with Crippen LogP contribution in [0.3, 0.4) is 0 Å². The Kier molecular flexibility index (Phi) is 3.06. The van der Waals surface area contributed by atoms with Crippen molar-refractivity contribution in [3.05, 3.63) is 34.5 Å². The van der Waals surface area contributed by atoms with Crippen molar-refractivity contribution in [2.45, 2.75) is 24.0 Å². The zero-order valence-electron chi connectivity index (χ0n) is 10.5. The number of carbonyl (C=O) groups is 1. The molecule has 1 N–H and O–H groups in total. The van der Waals surface area contributed by atoms with Crippen molar-refractivity contribution in [2.24, 2.45) is 7.05 Å². The number of aryl methyl sites for hydroxylation is 1. The van der Waals surface area contributed by atoms with E-state index in [1.807, 2.05) is 19.3 Å². The lowest BCUT2D eigenvalue weighted by Gasteiger charge is -2.04. The lowest BCUT2D eigenvalue weighted by molar-refractivity contribution is 0.101. The maximum absolute atomic E-state index is 12.0. The maximum atomic E-state index is 12.0. The quantitative estimate of drug-likeness (QED) is 0.659. The molecule has 1 fully saturated rings. The molecule has 0 aromatic carbocycles.